The Hall–Kier alpha value is -1.29. The Morgan fingerprint density at radius 3 is 2.60 bits per heavy atom. The van der Waals surface area contributed by atoms with Gasteiger partial charge < -0.3 is 4.74 Å². The molecule has 1 aliphatic rings. The molecule has 2 aromatic carbocycles. The fourth-order valence-electron chi connectivity index (χ4n) is 2.43. The Morgan fingerprint density at radius 2 is 1.95 bits per heavy atom. The van der Waals surface area contributed by atoms with Crippen LogP contribution in [0.1, 0.15) is 5.56 Å². The van der Waals surface area contributed by atoms with Gasteiger partial charge in [0.1, 0.15) is 11.6 Å². The van der Waals surface area contributed by atoms with E-state index in [1.807, 2.05) is 0 Å². The first-order valence-corrected chi connectivity index (χ1v) is 6.96. The number of nitrogens with one attached hydrogen (secondary N) is 1. The maximum absolute atomic E-state index is 13.8. The van der Waals surface area contributed by atoms with Crippen LogP contribution in [0.3, 0.4) is 0 Å². The van der Waals surface area contributed by atoms with Crippen molar-refractivity contribution in [3.63, 3.8) is 0 Å². The van der Waals surface area contributed by atoms with Gasteiger partial charge in [0.25, 0.3) is 0 Å². The van der Waals surface area contributed by atoms with Crippen LogP contribution in [0, 0.1) is 5.82 Å². The lowest BCUT2D eigenvalue weighted by molar-refractivity contribution is 0.204. The van der Waals surface area contributed by atoms with Crippen LogP contribution in [0.4, 0.5) is 4.39 Å². The molecule has 3 rings (SSSR count). The molecule has 2 aromatic rings. The predicted octanol–water partition coefficient (Wildman–Crippen LogP) is 4.28. The van der Waals surface area contributed by atoms with E-state index < -0.39 is 0 Å². The average Bonchev–Trinajstić information content (AvgIpc) is 2.81. The Labute approximate surface area is 126 Å². The van der Waals surface area contributed by atoms with Crippen molar-refractivity contribution in [2.45, 2.75) is 12.6 Å². The minimum Gasteiger partial charge on any atom is -0.474 e. The molecule has 0 aromatic heterocycles. The number of hydrogen-bond acceptors (Lipinski definition) is 2. The molecule has 0 fully saturated rings. The molecule has 0 saturated carbocycles. The first-order chi connectivity index (χ1) is 9.60. The van der Waals surface area contributed by atoms with Gasteiger partial charge in [0, 0.05) is 23.1 Å². The van der Waals surface area contributed by atoms with E-state index in [1.165, 1.54) is 12.1 Å². The van der Waals surface area contributed by atoms with Crippen molar-refractivity contribution in [3.8, 4) is 16.9 Å². The van der Waals surface area contributed by atoms with Crippen molar-refractivity contribution in [3.05, 3.63) is 51.8 Å². The van der Waals surface area contributed by atoms with Crippen molar-refractivity contribution < 1.29 is 9.13 Å². The Balaban J connectivity index is 2.21. The van der Waals surface area contributed by atoms with Gasteiger partial charge in [0.15, 0.2) is 6.23 Å². The van der Waals surface area contributed by atoms with Gasteiger partial charge in [-0.2, -0.15) is 0 Å². The minimum absolute atomic E-state index is 0.160. The summed E-state index contributed by atoms with van der Waals surface area (Å²) in [5, 5.41) is 3.98. The standard InChI is InChI=1S/C15H12Cl2FNO/c1-19-13-6-8-5-9(18)7-10(15(8)20-13)14-11(16)3-2-4-12(14)17/h2-5,7,13,19H,6H2,1H3. The zero-order valence-corrected chi connectivity index (χ0v) is 12.2. The molecule has 0 amide bonds. The van der Waals surface area contributed by atoms with Gasteiger partial charge in [-0.3, -0.25) is 5.32 Å². The normalized spacial score (nSPS) is 16.9. The van der Waals surface area contributed by atoms with Crippen LogP contribution in [0.15, 0.2) is 30.3 Å². The SMILES string of the molecule is CNC1Cc2cc(F)cc(-c3c(Cl)cccc3Cl)c2O1. The molecule has 1 heterocycles. The summed E-state index contributed by atoms with van der Waals surface area (Å²) in [5.74, 6) is 0.316. The highest BCUT2D eigenvalue weighted by Crippen LogP contribution is 2.44. The molecule has 0 bridgehead atoms. The minimum atomic E-state index is -0.324. The first-order valence-electron chi connectivity index (χ1n) is 6.21. The fraction of sp³-hybridized carbons (Fsp3) is 0.200. The average molecular weight is 312 g/mol. The van der Waals surface area contributed by atoms with Crippen molar-refractivity contribution >= 4 is 23.2 Å². The maximum Gasteiger partial charge on any atom is 0.154 e. The number of fused-ring (bicyclic) bond motifs is 1. The molecule has 1 atom stereocenters. The number of ether oxygens (including phenoxy) is 1. The molecular weight excluding hydrogens is 300 g/mol. The van der Waals surface area contributed by atoms with E-state index in [0.29, 0.717) is 33.3 Å². The van der Waals surface area contributed by atoms with Crippen LogP contribution in [-0.4, -0.2) is 13.3 Å². The third kappa shape index (κ3) is 2.26. The highest BCUT2D eigenvalue weighted by atomic mass is 35.5. The van der Waals surface area contributed by atoms with E-state index in [2.05, 4.69) is 5.32 Å². The van der Waals surface area contributed by atoms with Gasteiger partial charge in [0.05, 0.1) is 10.0 Å². The summed E-state index contributed by atoms with van der Waals surface area (Å²) in [6.45, 7) is 0. The molecular formula is C15H12Cl2FNO. The second kappa shape index (κ2) is 5.24. The molecule has 0 saturated heterocycles. The van der Waals surface area contributed by atoms with Crippen molar-refractivity contribution in [1.29, 1.82) is 0 Å². The highest BCUT2D eigenvalue weighted by molar-refractivity contribution is 6.39. The van der Waals surface area contributed by atoms with E-state index in [9.17, 15) is 4.39 Å². The topological polar surface area (TPSA) is 21.3 Å². The molecule has 1 unspecified atom stereocenters. The molecule has 0 radical (unpaired) electrons. The lowest BCUT2D eigenvalue weighted by Crippen LogP contribution is -2.29. The van der Waals surface area contributed by atoms with Crippen LogP contribution < -0.4 is 10.1 Å². The number of benzene rings is 2. The summed E-state index contributed by atoms with van der Waals surface area (Å²) >= 11 is 12.4. The van der Waals surface area contributed by atoms with E-state index >= 15 is 0 Å². The Kier molecular flexibility index (Phi) is 3.59. The van der Waals surface area contributed by atoms with Crippen LogP contribution in [0.5, 0.6) is 5.75 Å². The van der Waals surface area contributed by atoms with Crippen molar-refractivity contribution in [1.82, 2.24) is 5.32 Å². The molecule has 20 heavy (non-hydrogen) atoms. The van der Waals surface area contributed by atoms with Crippen LogP contribution in [-0.2, 0) is 6.42 Å². The zero-order valence-electron chi connectivity index (χ0n) is 10.7. The molecule has 1 aliphatic heterocycles. The summed E-state index contributed by atoms with van der Waals surface area (Å²) in [6.07, 6.45) is 0.449. The predicted molar refractivity (Wildman–Crippen MR) is 79.0 cm³/mol. The van der Waals surface area contributed by atoms with Gasteiger partial charge in [-0.05, 0) is 31.3 Å². The summed E-state index contributed by atoms with van der Waals surface area (Å²) in [4.78, 5) is 0. The first kappa shape index (κ1) is 13.7. The lowest BCUT2D eigenvalue weighted by Gasteiger charge is -2.13. The Morgan fingerprint density at radius 1 is 1.25 bits per heavy atom. The van der Waals surface area contributed by atoms with Gasteiger partial charge in [0.2, 0.25) is 0 Å². The largest absolute Gasteiger partial charge is 0.474 e. The highest BCUT2D eigenvalue weighted by Gasteiger charge is 2.27. The second-order valence-electron chi connectivity index (χ2n) is 4.64. The third-order valence-electron chi connectivity index (χ3n) is 3.35. The van der Waals surface area contributed by atoms with E-state index in [0.717, 1.165) is 5.56 Å². The summed E-state index contributed by atoms with van der Waals surface area (Å²) in [7, 11) is 1.80. The van der Waals surface area contributed by atoms with Crippen LogP contribution in [0.2, 0.25) is 10.0 Å². The number of rotatable bonds is 2. The van der Waals surface area contributed by atoms with Gasteiger partial charge in [-0.1, -0.05) is 29.3 Å². The number of likely N-dealkylation sites (N-methyl/N-ethyl adjacent to an activating group) is 1. The molecule has 0 aliphatic carbocycles. The summed E-state index contributed by atoms with van der Waals surface area (Å²) in [5.41, 5.74) is 2.01. The van der Waals surface area contributed by atoms with E-state index in [4.69, 9.17) is 27.9 Å². The van der Waals surface area contributed by atoms with E-state index in [-0.39, 0.29) is 12.0 Å². The lowest BCUT2D eigenvalue weighted by atomic mass is 10.0. The zero-order chi connectivity index (χ0) is 14.3. The van der Waals surface area contributed by atoms with Gasteiger partial charge in [-0.15, -0.1) is 0 Å². The molecule has 2 nitrogen and oxygen atoms in total. The van der Waals surface area contributed by atoms with Crippen LogP contribution >= 0.6 is 23.2 Å². The molecule has 104 valence electrons. The smallest absolute Gasteiger partial charge is 0.154 e. The number of halogens is 3. The molecule has 0 spiro atoms. The molecule has 5 heteroatoms. The molecule has 1 N–H and O–H groups in total. The van der Waals surface area contributed by atoms with Gasteiger partial charge >= 0.3 is 0 Å². The second-order valence-corrected chi connectivity index (χ2v) is 5.45. The third-order valence-corrected chi connectivity index (χ3v) is 3.98. The Bertz CT molecular complexity index is 655. The van der Waals surface area contributed by atoms with Crippen LogP contribution in [0.25, 0.3) is 11.1 Å². The van der Waals surface area contributed by atoms with Gasteiger partial charge in [-0.25, -0.2) is 4.39 Å². The van der Waals surface area contributed by atoms with E-state index in [1.54, 1.807) is 25.2 Å². The summed E-state index contributed by atoms with van der Waals surface area (Å²) < 4.78 is 19.7. The number of hydrogen-bond donors (Lipinski definition) is 1. The quantitative estimate of drug-likeness (QED) is 0.893. The maximum atomic E-state index is 13.8. The van der Waals surface area contributed by atoms with Crippen molar-refractivity contribution in [2.24, 2.45) is 0 Å². The fourth-order valence-corrected chi connectivity index (χ4v) is 3.03. The summed E-state index contributed by atoms with van der Waals surface area (Å²) in [6, 6.07) is 8.10. The monoisotopic (exact) mass is 311 g/mol. The van der Waals surface area contributed by atoms with Crippen molar-refractivity contribution in [2.75, 3.05) is 7.05 Å².